The smallest absolute Gasteiger partial charge is 0.200 e. The lowest BCUT2D eigenvalue weighted by molar-refractivity contribution is 0.378. The highest BCUT2D eigenvalue weighted by Gasteiger charge is 2.52. The Bertz CT molecular complexity index is 2920. The Morgan fingerprint density at radius 2 is 0.514 bits per heavy atom. The molecular weight excluding hydrogens is 1030 g/mol. The van der Waals surface area contributed by atoms with Gasteiger partial charge in [-0.2, -0.15) is 10.5 Å². The molecule has 0 unspecified atom stereocenters. The highest BCUT2D eigenvalue weighted by molar-refractivity contribution is 7.95. The zero-order valence-electron chi connectivity index (χ0n) is 35.3. The average Bonchev–Trinajstić information content (AvgIpc) is 3.39. The van der Waals surface area contributed by atoms with E-state index >= 15 is 35.1 Å². The maximum atomic E-state index is 15.4. The van der Waals surface area contributed by atoms with Crippen LogP contribution in [0.2, 0.25) is 0 Å². The summed E-state index contributed by atoms with van der Waals surface area (Å²) in [6.07, 6.45) is -6.55. The van der Waals surface area contributed by atoms with Crippen molar-refractivity contribution in [1.29, 1.82) is 10.5 Å². The van der Waals surface area contributed by atoms with Crippen molar-refractivity contribution in [1.82, 2.24) is 0 Å². The van der Waals surface area contributed by atoms with Crippen LogP contribution in [-0.4, -0.2) is 12.3 Å². The van der Waals surface area contributed by atoms with E-state index in [1.807, 2.05) is 25.1 Å². The van der Waals surface area contributed by atoms with Crippen molar-refractivity contribution in [3.05, 3.63) is 218 Å². The number of rotatable bonds is 9. The number of nitriles is 2. The van der Waals surface area contributed by atoms with E-state index < -0.39 is 152 Å². The van der Waals surface area contributed by atoms with Crippen LogP contribution in [0.5, 0.6) is 0 Å². The quantitative estimate of drug-likeness (QED) is 0.0361. The summed E-state index contributed by atoms with van der Waals surface area (Å²) in [5.74, 6) is -71.4. The maximum Gasteiger partial charge on any atom is 0.200 e. The van der Waals surface area contributed by atoms with Crippen molar-refractivity contribution < 1.29 is 87.8 Å². The molecular formula is C48H20BF20N2P. The van der Waals surface area contributed by atoms with Crippen LogP contribution in [0.4, 0.5) is 87.8 Å². The van der Waals surface area contributed by atoms with E-state index in [-0.39, 0.29) is 5.57 Å². The van der Waals surface area contributed by atoms with Gasteiger partial charge in [0.1, 0.15) is 93.6 Å². The molecule has 370 valence electrons. The highest BCUT2D eigenvalue weighted by atomic mass is 31.2. The molecule has 0 spiro atoms. The van der Waals surface area contributed by atoms with Crippen molar-refractivity contribution >= 4 is 51.2 Å². The Morgan fingerprint density at radius 1 is 0.333 bits per heavy atom. The van der Waals surface area contributed by atoms with Crippen molar-refractivity contribution in [2.75, 3.05) is 6.16 Å². The summed E-state index contributed by atoms with van der Waals surface area (Å²) in [7, 11) is -2.05. The number of hydrogen-bond acceptors (Lipinski definition) is 2. The second-order valence-electron chi connectivity index (χ2n) is 15.2. The van der Waals surface area contributed by atoms with Crippen LogP contribution >= 0.6 is 7.26 Å². The molecule has 0 aromatic heterocycles. The second kappa shape index (κ2) is 20.6. The summed E-state index contributed by atoms with van der Waals surface area (Å²) < 4.78 is 294. The van der Waals surface area contributed by atoms with Crippen LogP contribution in [0.3, 0.4) is 0 Å². The Labute approximate surface area is 392 Å². The van der Waals surface area contributed by atoms with Crippen LogP contribution < -0.4 is 37.8 Å². The summed E-state index contributed by atoms with van der Waals surface area (Å²) in [6.45, 7) is 1.91. The van der Waals surface area contributed by atoms with Gasteiger partial charge < -0.3 is 0 Å². The average molecular weight is 1050 g/mol. The van der Waals surface area contributed by atoms with Crippen LogP contribution in [0, 0.1) is 139 Å². The highest BCUT2D eigenvalue weighted by Crippen LogP contribution is 2.56. The minimum atomic E-state index is -7.22. The molecule has 7 aromatic carbocycles. The predicted octanol–water partition coefficient (Wildman–Crippen LogP) is 10.2. The summed E-state index contributed by atoms with van der Waals surface area (Å²) in [4.78, 5) is 0. The molecule has 0 amide bonds. The molecule has 24 heteroatoms. The Morgan fingerprint density at radius 3 is 0.694 bits per heavy atom. The minimum Gasteiger partial charge on any atom is -0.207 e. The molecule has 0 aliphatic carbocycles. The maximum absolute atomic E-state index is 15.4. The fourth-order valence-corrected chi connectivity index (χ4v) is 12.6. The SMILES string of the molecule is CC(C[P+](c1ccccc1)(c1ccccc1)c1ccccc1)=C(C#N)C#N.Fc1c(F)c(F)c([B-](c2c(F)c(F)c(F)c(F)c2F)(c2c(F)c(F)c(F)c(F)c2F)c2c(F)c(F)c(F)c(F)c2F)c(F)c1F. The Hall–Kier alpha value is -7.65. The number of hydrogen-bond donors (Lipinski definition) is 0. The van der Waals surface area contributed by atoms with Gasteiger partial charge in [-0.1, -0.05) is 54.6 Å². The van der Waals surface area contributed by atoms with Gasteiger partial charge in [-0.25, -0.2) is 87.8 Å². The first-order chi connectivity index (χ1) is 33.9. The van der Waals surface area contributed by atoms with E-state index in [1.54, 1.807) is 0 Å². The molecule has 0 aliphatic heterocycles. The zero-order valence-corrected chi connectivity index (χ0v) is 36.2. The third-order valence-electron chi connectivity index (χ3n) is 11.4. The van der Waals surface area contributed by atoms with Gasteiger partial charge in [0.2, 0.25) is 0 Å². The normalized spacial score (nSPS) is 11.4. The molecule has 7 rings (SSSR count). The monoisotopic (exact) mass is 1050 g/mol. The molecule has 7 aromatic rings. The van der Waals surface area contributed by atoms with Crippen LogP contribution in [0.1, 0.15) is 6.92 Å². The van der Waals surface area contributed by atoms with E-state index in [0.29, 0.717) is 6.16 Å². The van der Waals surface area contributed by atoms with Gasteiger partial charge in [0.05, 0.1) is 6.16 Å². The molecule has 0 saturated heterocycles. The standard InChI is InChI=1S/C24BF20.C24H20N2P/c26-5-1(6(27)14(35)21(42)13(5)34)25(2-7(28)15(36)22(43)16(37)8(2)29,3-9(30)17(38)23(44)18(39)10(3)31)4-11(32)19(40)24(45)20(41)12(4)33;1-20(21(17-25)18-26)19-27(22-11-5-2-6-12-22,23-13-7-3-8-14-23)24-15-9-4-10-16-24/h;2-16H,19H2,1H3/q-1;+1. The number of nitrogens with zero attached hydrogens (tertiary/aromatic N) is 2. The van der Waals surface area contributed by atoms with Gasteiger partial charge in [-0.05, 0) is 48.9 Å². The molecule has 0 saturated carbocycles. The summed E-state index contributed by atoms with van der Waals surface area (Å²) in [5.41, 5.74) is -13.3. The minimum absolute atomic E-state index is 0.210. The van der Waals surface area contributed by atoms with E-state index in [9.17, 15) is 63.2 Å². The van der Waals surface area contributed by atoms with Crippen molar-refractivity contribution in [3.63, 3.8) is 0 Å². The fourth-order valence-electron chi connectivity index (χ4n) is 8.29. The lowest BCUT2D eigenvalue weighted by Gasteiger charge is -2.44. The first-order valence-electron chi connectivity index (χ1n) is 19.7. The van der Waals surface area contributed by atoms with E-state index in [2.05, 4.69) is 84.9 Å². The van der Waals surface area contributed by atoms with Crippen LogP contribution in [0.25, 0.3) is 0 Å². The van der Waals surface area contributed by atoms with Gasteiger partial charge >= 0.3 is 0 Å². The lowest BCUT2D eigenvalue weighted by atomic mass is 9.12. The molecule has 2 nitrogen and oxygen atoms in total. The van der Waals surface area contributed by atoms with Gasteiger partial charge in [0.15, 0.2) is 69.8 Å². The summed E-state index contributed by atoms with van der Waals surface area (Å²) in [6, 6.07) is 35.5. The third kappa shape index (κ3) is 8.38. The number of halogens is 20. The molecule has 0 heterocycles. The predicted molar refractivity (Wildman–Crippen MR) is 223 cm³/mol. The Kier molecular flexibility index (Phi) is 15.4. The molecule has 0 radical (unpaired) electrons. The van der Waals surface area contributed by atoms with Gasteiger partial charge in [0.25, 0.3) is 0 Å². The molecule has 0 atom stereocenters. The third-order valence-corrected chi connectivity index (χ3v) is 15.9. The molecule has 0 bridgehead atoms. The van der Waals surface area contributed by atoms with E-state index in [0.717, 1.165) is 5.57 Å². The molecule has 0 fully saturated rings. The van der Waals surface area contributed by atoms with E-state index in [4.69, 9.17) is 0 Å². The zero-order chi connectivity index (χ0) is 53.5. The fraction of sp³-hybridized carbons (Fsp3) is 0.0417. The first-order valence-corrected chi connectivity index (χ1v) is 21.7. The van der Waals surface area contributed by atoms with Crippen molar-refractivity contribution in [3.8, 4) is 12.1 Å². The van der Waals surface area contributed by atoms with Gasteiger partial charge in [0, 0.05) is 0 Å². The van der Waals surface area contributed by atoms with Crippen LogP contribution in [0.15, 0.2) is 102 Å². The van der Waals surface area contributed by atoms with Gasteiger partial charge in [-0.15, -0.1) is 21.9 Å². The van der Waals surface area contributed by atoms with E-state index in [1.165, 1.54) is 15.9 Å². The summed E-state index contributed by atoms with van der Waals surface area (Å²) in [5, 5.41) is 22.5. The first kappa shape index (κ1) is 53.7. The molecule has 72 heavy (non-hydrogen) atoms. The summed E-state index contributed by atoms with van der Waals surface area (Å²) >= 11 is 0. The number of benzene rings is 7. The lowest BCUT2D eigenvalue weighted by Crippen LogP contribution is -2.81. The molecule has 0 aliphatic rings. The topological polar surface area (TPSA) is 47.6 Å². The van der Waals surface area contributed by atoms with Crippen molar-refractivity contribution in [2.45, 2.75) is 6.92 Å². The Balaban J connectivity index is 0.000000266. The molecule has 0 N–H and O–H groups in total. The second-order valence-corrected chi connectivity index (χ2v) is 18.6. The van der Waals surface area contributed by atoms with Crippen LogP contribution in [-0.2, 0) is 0 Å². The van der Waals surface area contributed by atoms with Crippen molar-refractivity contribution in [2.24, 2.45) is 0 Å². The number of allylic oxidation sites excluding steroid dienone is 2. The largest absolute Gasteiger partial charge is 0.207 e. The van der Waals surface area contributed by atoms with Gasteiger partial charge in [-0.3, -0.25) is 0 Å².